The van der Waals surface area contributed by atoms with Crippen molar-refractivity contribution < 1.29 is 8.76 Å². The Bertz CT molecular complexity index is 328. The zero-order chi connectivity index (χ0) is 9.84. The molecule has 1 unspecified atom stereocenters. The third-order valence-corrected chi connectivity index (χ3v) is 3.21. The molecule has 5 heteroatoms. The highest BCUT2D eigenvalue weighted by Crippen LogP contribution is 2.19. The first-order valence-electron chi connectivity index (χ1n) is 3.59. The summed E-state index contributed by atoms with van der Waals surface area (Å²) in [7, 11) is 0. The Kier molecular flexibility index (Phi) is 4.58. The first-order valence-corrected chi connectivity index (χ1v) is 6.57. The van der Waals surface area contributed by atoms with Crippen molar-refractivity contribution in [2.45, 2.75) is 11.3 Å². The highest BCUT2D eigenvalue weighted by Gasteiger charge is 2.02. The minimum atomic E-state index is -2.14. The summed E-state index contributed by atoms with van der Waals surface area (Å²) in [5.74, 6) is 0. The van der Waals surface area contributed by atoms with E-state index >= 15 is 0 Å². The normalized spacial score (nSPS) is 12.8. The van der Waals surface area contributed by atoms with Crippen LogP contribution in [0.3, 0.4) is 0 Å². The van der Waals surface area contributed by atoms with E-state index in [-0.39, 0.29) is 0 Å². The Hall–Kier alpha value is 0.290. The fourth-order valence-electron chi connectivity index (χ4n) is 1.01. The lowest BCUT2D eigenvalue weighted by Gasteiger charge is -2.11. The van der Waals surface area contributed by atoms with Gasteiger partial charge in [-0.3, -0.25) is 4.21 Å². The first-order chi connectivity index (χ1) is 6.15. The van der Waals surface area contributed by atoms with Gasteiger partial charge in [-0.1, -0.05) is 31.9 Å². The van der Waals surface area contributed by atoms with Crippen LogP contribution in [0.15, 0.2) is 27.6 Å². The van der Waals surface area contributed by atoms with Crippen molar-refractivity contribution in [2.24, 2.45) is 0 Å². The Morgan fingerprint density at radius 3 is 2.69 bits per heavy atom. The molecule has 0 radical (unpaired) electrons. The molecule has 0 N–H and O–H groups in total. The number of halogens is 2. The molecule has 2 nitrogen and oxygen atoms in total. The van der Waals surface area contributed by atoms with E-state index in [4.69, 9.17) is 0 Å². The Morgan fingerprint density at radius 2 is 2.15 bits per heavy atom. The van der Waals surface area contributed by atoms with Crippen LogP contribution in [0.1, 0.15) is 5.56 Å². The van der Waals surface area contributed by atoms with Crippen LogP contribution < -0.4 is 0 Å². The third kappa shape index (κ3) is 3.16. The van der Waals surface area contributed by atoms with Crippen molar-refractivity contribution in [1.29, 1.82) is 0 Å². The maximum Gasteiger partial charge on any atom is 0.0281 e. The van der Waals surface area contributed by atoms with Crippen LogP contribution in [-0.2, 0) is 17.5 Å². The fraction of sp³-hybridized carbons (Fsp3) is 0.250. The summed E-state index contributed by atoms with van der Waals surface area (Å²) in [6, 6.07) is 5.15. The van der Waals surface area contributed by atoms with Crippen LogP contribution in [0.2, 0.25) is 0 Å². The highest BCUT2D eigenvalue weighted by molar-refractivity contribution is 9.10. The van der Waals surface area contributed by atoms with Gasteiger partial charge < -0.3 is 4.55 Å². The van der Waals surface area contributed by atoms with Crippen molar-refractivity contribution in [3.05, 3.63) is 28.2 Å². The molecule has 0 saturated carbocycles. The quantitative estimate of drug-likeness (QED) is 0.633. The highest BCUT2D eigenvalue weighted by atomic mass is 79.9. The molecule has 0 aromatic heterocycles. The number of alkyl halides is 1. The molecule has 72 valence electrons. The standard InChI is InChI=1S/C8H8Br2O2S/c9-4-3-6-5-7(10)1-2-8(6)13(11)12/h1-2,5H,3-4H2,(H,11,12)/p-1. The number of aryl methyl sites for hydroxylation is 1. The second-order valence-electron chi connectivity index (χ2n) is 2.43. The lowest BCUT2D eigenvalue weighted by atomic mass is 10.2. The molecule has 13 heavy (non-hydrogen) atoms. The largest absolute Gasteiger partial charge is 0.768 e. The average molecular weight is 327 g/mol. The van der Waals surface area contributed by atoms with Gasteiger partial charge in [0.05, 0.1) is 0 Å². The molecule has 0 bridgehead atoms. The predicted molar refractivity (Wildman–Crippen MR) is 58.8 cm³/mol. The van der Waals surface area contributed by atoms with Crippen LogP contribution in [0.4, 0.5) is 0 Å². The topological polar surface area (TPSA) is 40.1 Å². The molecule has 0 aliphatic carbocycles. The summed E-state index contributed by atoms with van der Waals surface area (Å²) in [6.07, 6.45) is 0.711. The van der Waals surface area contributed by atoms with Crippen molar-refractivity contribution in [2.75, 3.05) is 5.33 Å². The predicted octanol–water partition coefficient (Wildman–Crippen LogP) is 2.62. The van der Waals surface area contributed by atoms with Gasteiger partial charge in [-0.05, 0) is 41.3 Å². The van der Waals surface area contributed by atoms with Gasteiger partial charge in [0.1, 0.15) is 0 Å². The van der Waals surface area contributed by atoms with E-state index in [1.807, 2.05) is 6.07 Å². The van der Waals surface area contributed by atoms with E-state index in [2.05, 4.69) is 31.9 Å². The van der Waals surface area contributed by atoms with E-state index < -0.39 is 11.1 Å². The van der Waals surface area contributed by atoms with Gasteiger partial charge in [-0.15, -0.1) is 0 Å². The van der Waals surface area contributed by atoms with Gasteiger partial charge in [-0.25, -0.2) is 0 Å². The van der Waals surface area contributed by atoms with E-state index in [1.165, 1.54) is 0 Å². The SMILES string of the molecule is O=S([O-])c1ccc(Br)cc1CCBr. The molecule has 1 atom stereocenters. The average Bonchev–Trinajstić information content (AvgIpc) is 2.04. The third-order valence-electron chi connectivity index (χ3n) is 1.57. The van der Waals surface area contributed by atoms with E-state index in [9.17, 15) is 8.76 Å². The van der Waals surface area contributed by atoms with Gasteiger partial charge in [0.25, 0.3) is 0 Å². The van der Waals surface area contributed by atoms with Gasteiger partial charge in [0.2, 0.25) is 0 Å². The second kappa shape index (κ2) is 5.24. The van der Waals surface area contributed by atoms with Gasteiger partial charge in [-0.2, -0.15) is 0 Å². The van der Waals surface area contributed by atoms with Crippen LogP contribution in [-0.4, -0.2) is 14.1 Å². The second-order valence-corrected chi connectivity index (χ2v) is 5.04. The molecule has 1 rings (SSSR count). The molecule has 0 aliphatic heterocycles. The molecule has 0 heterocycles. The maximum absolute atomic E-state index is 10.8. The summed E-state index contributed by atoms with van der Waals surface area (Å²) in [6.45, 7) is 0. The van der Waals surface area contributed by atoms with Gasteiger partial charge in [0, 0.05) is 14.7 Å². The maximum atomic E-state index is 10.8. The molecular formula is C8H7Br2O2S-. The number of hydrogen-bond acceptors (Lipinski definition) is 2. The van der Waals surface area contributed by atoms with Crippen LogP contribution >= 0.6 is 31.9 Å². The van der Waals surface area contributed by atoms with Crippen molar-refractivity contribution in [1.82, 2.24) is 0 Å². The number of rotatable bonds is 3. The molecule has 0 aliphatic rings. The van der Waals surface area contributed by atoms with Crippen LogP contribution in [0.25, 0.3) is 0 Å². The smallest absolute Gasteiger partial charge is 0.0281 e. The molecule has 0 spiro atoms. The van der Waals surface area contributed by atoms with Crippen molar-refractivity contribution in [3.8, 4) is 0 Å². The van der Waals surface area contributed by atoms with E-state index in [0.29, 0.717) is 11.3 Å². The molecular weight excluding hydrogens is 320 g/mol. The Labute approximate surface area is 96.3 Å². The lowest BCUT2D eigenvalue weighted by molar-refractivity contribution is 0.536. The Balaban J connectivity index is 3.10. The zero-order valence-corrected chi connectivity index (χ0v) is 10.6. The minimum absolute atomic E-state index is 0.377. The summed E-state index contributed by atoms with van der Waals surface area (Å²) >= 11 is 4.43. The zero-order valence-electron chi connectivity index (χ0n) is 6.63. The van der Waals surface area contributed by atoms with Crippen molar-refractivity contribution >= 4 is 42.9 Å². The Morgan fingerprint density at radius 1 is 1.46 bits per heavy atom. The molecule has 0 fully saturated rings. The number of benzene rings is 1. The van der Waals surface area contributed by atoms with E-state index in [1.54, 1.807) is 12.1 Å². The first kappa shape index (κ1) is 11.4. The number of hydrogen-bond donors (Lipinski definition) is 0. The molecule has 1 aromatic rings. The molecule has 0 amide bonds. The summed E-state index contributed by atoms with van der Waals surface area (Å²) < 4.78 is 22.5. The molecule has 0 saturated heterocycles. The van der Waals surface area contributed by atoms with Gasteiger partial charge >= 0.3 is 0 Å². The van der Waals surface area contributed by atoms with E-state index in [0.717, 1.165) is 15.4 Å². The van der Waals surface area contributed by atoms with Crippen molar-refractivity contribution in [3.63, 3.8) is 0 Å². The van der Waals surface area contributed by atoms with Crippen LogP contribution in [0.5, 0.6) is 0 Å². The minimum Gasteiger partial charge on any atom is -0.768 e. The van der Waals surface area contributed by atoms with Crippen LogP contribution in [0, 0.1) is 0 Å². The molecule has 1 aromatic carbocycles. The summed E-state index contributed by atoms with van der Waals surface area (Å²) in [5, 5.41) is 0.758. The monoisotopic (exact) mass is 325 g/mol. The van der Waals surface area contributed by atoms with Gasteiger partial charge in [0.15, 0.2) is 0 Å². The summed E-state index contributed by atoms with van der Waals surface area (Å²) in [4.78, 5) is 0.377. The fourth-order valence-corrected chi connectivity index (χ4v) is 2.40. The summed E-state index contributed by atoms with van der Waals surface area (Å²) in [5.41, 5.74) is 0.833. The lowest BCUT2D eigenvalue weighted by Crippen LogP contribution is -1.97.